The number of piperidine rings is 1. The zero-order valence-electron chi connectivity index (χ0n) is 9.66. The summed E-state index contributed by atoms with van der Waals surface area (Å²) >= 11 is 0. The Morgan fingerprint density at radius 1 is 1.27 bits per heavy atom. The van der Waals surface area contributed by atoms with E-state index in [1.807, 2.05) is 7.05 Å². The Morgan fingerprint density at radius 2 is 1.80 bits per heavy atom. The quantitative estimate of drug-likeness (QED) is 0.707. The van der Waals surface area contributed by atoms with E-state index in [1.165, 1.54) is 11.4 Å². The van der Waals surface area contributed by atoms with Crippen LogP contribution in [0.2, 0.25) is 0 Å². The van der Waals surface area contributed by atoms with Crippen LogP contribution in [0.4, 0.5) is 0 Å². The molecule has 1 saturated heterocycles. The molecule has 1 fully saturated rings. The van der Waals surface area contributed by atoms with Gasteiger partial charge in [0.2, 0.25) is 0 Å². The molecule has 0 radical (unpaired) electrons. The zero-order valence-corrected chi connectivity index (χ0v) is 10.5. The van der Waals surface area contributed by atoms with Gasteiger partial charge in [-0.2, -0.15) is 12.7 Å². The molecule has 1 atom stereocenters. The first-order valence-corrected chi connectivity index (χ1v) is 6.81. The molecule has 2 N–H and O–H groups in total. The van der Waals surface area contributed by atoms with E-state index in [0.29, 0.717) is 25.0 Å². The van der Waals surface area contributed by atoms with Crippen molar-refractivity contribution in [2.24, 2.45) is 5.92 Å². The number of hydrogen-bond donors (Lipinski definition) is 2. The Kier molecular flexibility index (Phi) is 4.51. The number of nitrogens with one attached hydrogen (secondary N) is 2. The fraction of sp³-hybridized carbons (Fsp3) is 1.00. The van der Waals surface area contributed by atoms with E-state index in [-0.39, 0.29) is 0 Å². The molecule has 1 heterocycles. The molecule has 1 rings (SSSR count). The highest BCUT2D eigenvalue weighted by Crippen LogP contribution is 2.21. The molecule has 0 aromatic heterocycles. The average Bonchev–Trinajstić information content (AvgIpc) is 2.28. The summed E-state index contributed by atoms with van der Waals surface area (Å²) in [5, 5.41) is 3.22. The Hall–Kier alpha value is -0.170. The Morgan fingerprint density at radius 3 is 2.20 bits per heavy atom. The number of rotatable bonds is 4. The van der Waals surface area contributed by atoms with Gasteiger partial charge in [0, 0.05) is 26.2 Å². The van der Waals surface area contributed by atoms with E-state index in [0.717, 1.165) is 12.8 Å². The van der Waals surface area contributed by atoms with Gasteiger partial charge >= 0.3 is 0 Å². The van der Waals surface area contributed by atoms with Crippen LogP contribution in [0.3, 0.4) is 0 Å². The zero-order chi connectivity index (χ0) is 11.5. The van der Waals surface area contributed by atoms with E-state index >= 15 is 0 Å². The molecule has 5 nitrogen and oxygen atoms in total. The maximum atomic E-state index is 11.5. The highest BCUT2D eigenvalue weighted by atomic mass is 32.2. The van der Waals surface area contributed by atoms with Gasteiger partial charge in [-0.05, 0) is 32.7 Å². The molecule has 0 spiro atoms. The van der Waals surface area contributed by atoms with Gasteiger partial charge in [-0.1, -0.05) is 0 Å². The standard InChI is InChI=1S/C9H21N3O2S/c1-8(10-2)9-4-6-12(7-5-9)15(13,14)11-3/h8-11H,4-7H2,1-3H3. The summed E-state index contributed by atoms with van der Waals surface area (Å²) < 4.78 is 26.9. The van der Waals surface area contributed by atoms with Crippen molar-refractivity contribution >= 4 is 10.2 Å². The van der Waals surface area contributed by atoms with Crippen LogP contribution in [0.15, 0.2) is 0 Å². The predicted octanol–water partition coefficient (Wildman–Crippen LogP) is -0.229. The summed E-state index contributed by atoms with van der Waals surface area (Å²) in [7, 11) is 0.188. The Balaban J connectivity index is 2.49. The first kappa shape index (κ1) is 12.9. The van der Waals surface area contributed by atoms with Crippen molar-refractivity contribution in [1.82, 2.24) is 14.3 Å². The predicted molar refractivity (Wildman–Crippen MR) is 60.8 cm³/mol. The summed E-state index contributed by atoms with van der Waals surface area (Å²) in [6.07, 6.45) is 1.87. The lowest BCUT2D eigenvalue weighted by Crippen LogP contribution is -2.46. The van der Waals surface area contributed by atoms with Crippen LogP contribution in [0.1, 0.15) is 19.8 Å². The van der Waals surface area contributed by atoms with Gasteiger partial charge in [-0.15, -0.1) is 0 Å². The van der Waals surface area contributed by atoms with Crippen LogP contribution >= 0.6 is 0 Å². The molecule has 0 aromatic carbocycles. The molecule has 1 aliphatic rings. The number of hydrogen-bond acceptors (Lipinski definition) is 3. The molecule has 1 unspecified atom stereocenters. The Labute approximate surface area is 92.4 Å². The molecule has 0 bridgehead atoms. The highest BCUT2D eigenvalue weighted by Gasteiger charge is 2.28. The second-order valence-corrected chi connectivity index (χ2v) is 5.90. The first-order valence-electron chi connectivity index (χ1n) is 5.37. The van der Waals surface area contributed by atoms with Crippen molar-refractivity contribution < 1.29 is 8.42 Å². The summed E-state index contributed by atoms with van der Waals surface area (Å²) in [6.45, 7) is 3.40. The second kappa shape index (κ2) is 5.25. The van der Waals surface area contributed by atoms with Crippen molar-refractivity contribution in [3.63, 3.8) is 0 Å². The maximum Gasteiger partial charge on any atom is 0.279 e. The van der Waals surface area contributed by atoms with Crippen LogP contribution in [0.25, 0.3) is 0 Å². The smallest absolute Gasteiger partial charge is 0.279 e. The van der Waals surface area contributed by atoms with E-state index in [9.17, 15) is 8.42 Å². The van der Waals surface area contributed by atoms with Gasteiger partial charge in [0.05, 0.1) is 0 Å². The molecule has 0 aliphatic carbocycles. The van der Waals surface area contributed by atoms with Crippen molar-refractivity contribution in [3.8, 4) is 0 Å². The molecule has 0 amide bonds. The van der Waals surface area contributed by atoms with E-state index in [2.05, 4.69) is 17.0 Å². The minimum absolute atomic E-state index is 0.462. The van der Waals surface area contributed by atoms with Crippen LogP contribution < -0.4 is 10.0 Å². The fourth-order valence-electron chi connectivity index (χ4n) is 1.98. The minimum atomic E-state index is -3.21. The molecular formula is C9H21N3O2S. The molecule has 0 saturated carbocycles. The topological polar surface area (TPSA) is 61.4 Å². The van der Waals surface area contributed by atoms with Crippen LogP contribution in [-0.4, -0.2) is 45.9 Å². The van der Waals surface area contributed by atoms with E-state index in [1.54, 1.807) is 0 Å². The Bertz CT molecular complexity index is 284. The average molecular weight is 235 g/mol. The molecular weight excluding hydrogens is 214 g/mol. The van der Waals surface area contributed by atoms with Crippen molar-refractivity contribution in [2.75, 3.05) is 27.2 Å². The monoisotopic (exact) mass is 235 g/mol. The number of nitrogens with zero attached hydrogens (tertiary/aromatic N) is 1. The van der Waals surface area contributed by atoms with Gasteiger partial charge in [0.1, 0.15) is 0 Å². The normalized spacial score (nSPS) is 22.9. The van der Waals surface area contributed by atoms with E-state index < -0.39 is 10.2 Å². The van der Waals surface area contributed by atoms with Gasteiger partial charge in [-0.3, -0.25) is 0 Å². The van der Waals surface area contributed by atoms with E-state index in [4.69, 9.17) is 0 Å². The first-order chi connectivity index (χ1) is 7.01. The lowest BCUT2D eigenvalue weighted by Gasteiger charge is -2.33. The molecule has 0 aromatic rings. The van der Waals surface area contributed by atoms with Crippen LogP contribution in [-0.2, 0) is 10.2 Å². The summed E-state index contributed by atoms with van der Waals surface area (Å²) in [5.41, 5.74) is 0. The minimum Gasteiger partial charge on any atom is -0.317 e. The van der Waals surface area contributed by atoms with Crippen molar-refractivity contribution in [2.45, 2.75) is 25.8 Å². The maximum absolute atomic E-state index is 11.5. The van der Waals surface area contributed by atoms with Crippen LogP contribution in [0.5, 0.6) is 0 Å². The van der Waals surface area contributed by atoms with Gasteiger partial charge in [0.25, 0.3) is 10.2 Å². The molecule has 6 heteroatoms. The lowest BCUT2D eigenvalue weighted by atomic mass is 9.91. The van der Waals surface area contributed by atoms with Crippen LogP contribution in [0, 0.1) is 5.92 Å². The third-order valence-corrected chi connectivity index (χ3v) is 4.82. The third kappa shape index (κ3) is 3.14. The van der Waals surface area contributed by atoms with Crippen molar-refractivity contribution in [1.29, 1.82) is 0 Å². The largest absolute Gasteiger partial charge is 0.317 e. The lowest BCUT2D eigenvalue weighted by molar-refractivity contribution is 0.235. The third-order valence-electron chi connectivity index (χ3n) is 3.26. The van der Waals surface area contributed by atoms with Gasteiger partial charge in [-0.25, -0.2) is 4.72 Å². The molecule has 90 valence electrons. The highest BCUT2D eigenvalue weighted by molar-refractivity contribution is 7.87. The van der Waals surface area contributed by atoms with Gasteiger partial charge in [0.15, 0.2) is 0 Å². The fourth-order valence-corrected chi connectivity index (χ4v) is 2.93. The molecule has 15 heavy (non-hydrogen) atoms. The summed E-state index contributed by atoms with van der Waals surface area (Å²) in [4.78, 5) is 0. The molecule has 1 aliphatic heterocycles. The summed E-state index contributed by atoms with van der Waals surface area (Å²) in [6, 6.07) is 0.462. The summed E-state index contributed by atoms with van der Waals surface area (Å²) in [5.74, 6) is 0.582. The second-order valence-electron chi connectivity index (χ2n) is 4.02. The van der Waals surface area contributed by atoms with Crippen molar-refractivity contribution in [3.05, 3.63) is 0 Å². The van der Waals surface area contributed by atoms with Gasteiger partial charge < -0.3 is 5.32 Å². The SMILES string of the molecule is CNC(C)C1CCN(S(=O)(=O)NC)CC1.